The highest BCUT2D eigenvalue weighted by Gasteiger charge is 2.05. The van der Waals surface area contributed by atoms with E-state index in [1.807, 2.05) is 25.1 Å². The van der Waals surface area contributed by atoms with Gasteiger partial charge in [0.05, 0.1) is 12.0 Å². The number of ether oxygens (including phenoxy) is 1. The lowest BCUT2D eigenvalue weighted by Crippen LogP contribution is -2.17. The van der Waals surface area contributed by atoms with Crippen molar-refractivity contribution in [2.24, 2.45) is 5.73 Å². The minimum Gasteiger partial charge on any atom is -0.496 e. The molecule has 0 saturated carbocycles. The molecule has 0 aliphatic carbocycles. The largest absolute Gasteiger partial charge is 0.496 e. The number of thioether (sulfide) groups is 1. The summed E-state index contributed by atoms with van der Waals surface area (Å²) >= 11 is 7.55. The molecule has 2 N–H and O–H groups in total. The van der Waals surface area contributed by atoms with Crippen LogP contribution in [0.1, 0.15) is 6.92 Å². The molecular formula is C10H14ClNOS. The lowest BCUT2D eigenvalue weighted by atomic mass is 10.3. The molecule has 1 atom stereocenters. The van der Waals surface area contributed by atoms with Gasteiger partial charge in [0.1, 0.15) is 5.75 Å². The molecule has 0 amide bonds. The molecule has 14 heavy (non-hydrogen) atoms. The summed E-state index contributed by atoms with van der Waals surface area (Å²) in [5, 5.41) is 0.720. The van der Waals surface area contributed by atoms with Crippen LogP contribution >= 0.6 is 23.4 Å². The van der Waals surface area contributed by atoms with Crippen LogP contribution in [0.5, 0.6) is 5.75 Å². The first-order valence-corrected chi connectivity index (χ1v) is 5.71. The van der Waals surface area contributed by atoms with E-state index in [-0.39, 0.29) is 6.04 Å². The van der Waals surface area contributed by atoms with Crippen molar-refractivity contribution in [3.63, 3.8) is 0 Å². The van der Waals surface area contributed by atoms with Crippen molar-refractivity contribution in [2.75, 3.05) is 12.9 Å². The van der Waals surface area contributed by atoms with Gasteiger partial charge in [-0.2, -0.15) is 0 Å². The lowest BCUT2D eigenvalue weighted by Gasteiger charge is -2.09. The summed E-state index contributed by atoms with van der Waals surface area (Å²) in [4.78, 5) is 1.04. The number of hydrogen-bond donors (Lipinski definition) is 1. The molecule has 0 radical (unpaired) electrons. The molecule has 4 heteroatoms. The summed E-state index contributed by atoms with van der Waals surface area (Å²) in [5.74, 6) is 1.71. The van der Waals surface area contributed by atoms with Gasteiger partial charge in [-0.1, -0.05) is 11.6 Å². The predicted octanol–water partition coefficient (Wildman–Crippen LogP) is 2.79. The maximum absolute atomic E-state index is 5.89. The van der Waals surface area contributed by atoms with E-state index in [1.54, 1.807) is 18.9 Å². The Morgan fingerprint density at radius 1 is 1.57 bits per heavy atom. The molecule has 0 aromatic heterocycles. The average molecular weight is 232 g/mol. The second-order valence-corrected chi connectivity index (χ2v) is 4.58. The molecule has 0 saturated heterocycles. The number of methoxy groups -OCH3 is 1. The zero-order valence-corrected chi connectivity index (χ0v) is 9.86. The van der Waals surface area contributed by atoms with Crippen molar-refractivity contribution in [3.05, 3.63) is 23.2 Å². The first-order valence-electron chi connectivity index (χ1n) is 4.35. The number of benzene rings is 1. The van der Waals surface area contributed by atoms with Gasteiger partial charge in [-0.15, -0.1) is 11.8 Å². The second-order valence-electron chi connectivity index (χ2n) is 3.08. The van der Waals surface area contributed by atoms with Gasteiger partial charge in [0, 0.05) is 16.8 Å². The summed E-state index contributed by atoms with van der Waals surface area (Å²) in [6, 6.07) is 5.75. The quantitative estimate of drug-likeness (QED) is 0.810. The van der Waals surface area contributed by atoms with Crippen LogP contribution in [0.2, 0.25) is 5.02 Å². The Morgan fingerprint density at radius 2 is 2.29 bits per heavy atom. The Labute approximate surface area is 93.8 Å². The summed E-state index contributed by atoms with van der Waals surface area (Å²) in [6.07, 6.45) is 0. The van der Waals surface area contributed by atoms with E-state index in [2.05, 4.69) is 0 Å². The molecule has 1 rings (SSSR count). The predicted molar refractivity (Wildman–Crippen MR) is 62.4 cm³/mol. The molecule has 78 valence electrons. The lowest BCUT2D eigenvalue weighted by molar-refractivity contribution is 0.405. The highest BCUT2D eigenvalue weighted by molar-refractivity contribution is 7.99. The summed E-state index contributed by atoms with van der Waals surface area (Å²) in [6.45, 7) is 1.98. The van der Waals surface area contributed by atoms with E-state index < -0.39 is 0 Å². The van der Waals surface area contributed by atoms with E-state index in [0.717, 1.165) is 21.4 Å². The van der Waals surface area contributed by atoms with Crippen molar-refractivity contribution in [1.29, 1.82) is 0 Å². The molecule has 0 fully saturated rings. The zero-order valence-electron chi connectivity index (χ0n) is 8.29. The molecular weight excluding hydrogens is 218 g/mol. The topological polar surface area (TPSA) is 35.2 Å². The van der Waals surface area contributed by atoms with Crippen molar-refractivity contribution < 1.29 is 4.74 Å². The monoisotopic (exact) mass is 231 g/mol. The molecule has 0 aliphatic heterocycles. The van der Waals surface area contributed by atoms with Gasteiger partial charge in [-0.05, 0) is 25.1 Å². The third-order valence-corrected chi connectivity index (χ3v) is 3.18. The van der Waals surface area contributed by atoms with Gasteiger partial charge in [-0.25, -0.2) is 0 Å². The van der Waals surface area contributed by atoms with Gasteiger partial charge < -0.3 is 10.5 Å². The van der Waals surface area contributed by atoms with E-state index in [9.17, 15) is 0 Å². The molecule has 2 nitrogen and oxygen atoms in total. The fourth-order valence-electron chi connectivity index (χ4n) is 0.985. The van der Waals surface area contributed by atoms with E-state index in [1.165, 1.54) is 0 Å². The summed E-state index contributed by atoms with van der Waals surface area (Å²) < 4.78 is 5.21. The Hall–Kier alpha value is -0.380. The van der Waals surface area contributed by atoms with E-state index >= 15 is 0 Å². The maximum Gasteiger partial charge on any atom is 0.132 e. The fourth-order valence-corrected chi connectivity index (χ4v) is 2.17. The standard InChI is InChI=1S/C10H14ClNOS/c1-7(12)6-14-10-5-8(11)3-4-9(10)13-2/h3-5,7H,6,12H2,1-2H3. The number of nitrogens with two attached hydrogens (primary N) is 1. The smallest absolute Gasteiger partial charge is 0.132 e. The Morgan fingerprint density at radius 3 is 2.86 bits per heavy atom. The van der Waals surface area contributed by atoms with Crippen LogP contribution in [0.25, 0.3) is 0 Å². The molecule has 0 bridgehead atoms. The Kier molecular flexibility index (Phi) is 4.58. The Balaban J connectivity index is 2.77. The fraction of sp³-hybridized carbons (Fsp3) is 0.400. The first kappa shape index (κ1) is 11.7. The van der Waals surface area contributed by atoms with Crippen LogP contribution in [-0.2, 0) is 0 Å². The van der Waals surface area contributed by atoms with Gasteiger partial charge >= 0.3 is 0 Å². The van der Waals surface area contributed by atoms with Crippen LogP contribution < -0.4 is 10.5 Å². The number of rotatable bonds is 4. The van der Waals surface area contributed by atoms with Gasteiger partial charge in [0.25, 0.3) is 0 Å². The minimum absolute atomic E-state index is 0.170. The molecule has 1 aromatic carbocycles. The highest BCUT2D eigenvalue weighted by atomic mass is 35.5. The third kappa shape index (κ3) is 3.40. The molecule has 1 aromatic rings. The van der Waals surface area contributed by atoms with E-state index in [0.29, 0.717) is 0 Å². The summed E-state index contributed by atoms with van der Waals surface area (Å²) in [7, 11) is 1.65. The van der Waals surface area contributed by atoms with Crippen LogP contribution in [0.3, 0.4) is 0 Å². The van der Waals surface area contributed by atoms with Gasteiger partial charge in [0.15, 0.2) is 0 Å². The minimum atomic E-state index is 0.170. The second kappa shape index (κ2) is 5.49. The highest BCUT2D eigenvalue weighted by Crippen LogP contribution is 2.31. The van der Waals surface area contributed by atoms with Crippen molar-refractivity contribution in [1.82, 2.24) is 0 Å². The van der Waals surface area contributed by atoms with Crippen LogP contribution in [0, 0.1) is 0 Å². The SMILES string of the molecule is COc1ccc(Cl)cc1SCC(C)N. The summed E-state index contributed by atoms with van der Waals surface area (Å²) in [5.41, 5.74) is 5.68. The molecule has 0 spiro atoms. The average Bonchev–Trinajstić information content (AvgIpc) is 2.15. The van der Waals surface area contributed by atoms with Crippen molar-refractivity contribution in [3.8, 4) is 5.75 Å². The number of halogens is 1. The van der Waals surface area contributed by atoms with Crippen LogP contribution in [-0.4, -0.2) is 18.9 Å². The molecule has 0 heterocycles. The van der Waals surface area contributed by atoms with Crippen LogP contribution in [0.15, 0.2) is 23.1 Å². The maximum atomic E-state index is 5.89. The normalized spacial score (nSPS) is 12.6. The van der Waals surface area contributed by atoms with Gasteiger partial charge in [-0.3, -0.25) is 0 Å². The zero-order chi connectivity index (χ0) is 10.6. The van der Waals surface area contributed by atoms with Crippen LogP contribution in [0.4, 0.5) is 0 Å². The van der Waals surface area contributed by atoms with E-state index in [4.69, 9.17) is 22.1 Å². The number of hydrogen-bond acceptors (Lipinski definition) is 3. The van der Waals surface area contributed by atoms with Crippen molar-refractivity contribution in [2.45, 2.75) is 17.9 Å². The van der Waals surface area contributed by atoms with Crippen molar-refractivity contribution >= 4 is 23.4 Å². The van der Waals surface area contributed by atoms with Gasteiger partial charge in [0.2, 0.25) is 0 Å². The third-order valence-electron chi connectivity index (χ3n) is 1.63. The molecule has 0 aliphatic rings. The Bertz CT molecular complexity index is 304. The molecule has 1 unspecified atom stereocenters. The first-order chi connectivity index (χ1) is 6.63.